The number of thiophene rings is 1. The lowest BCUT2D eigenvalue weighted by Gasteiger charge is -2.27. The Hall–Kier alpha value is -5.60. The number of rotatable bonds is 7. The smallest absolute Gasteiger partial charge is 0.434 e. The lowest BCUT2D eigenvalue weighted by molar-refractivity contribution is -0.143. The van der Waals surface area contributed by atoms with Crippen LogP contribution in [0.15, 0.2) is 97.3 Å². The topological polar surface area (TPSA) is 101 Å². The molecule has 2 fully saturated rings. The van der Waals surface area contributed by atoms with Gasteiger partial charge in [-0.25, -0.2) is 9.07 Å². The standard InChI is InChI=1S/C36H26F4N6O3S/c37-27-15-22(44-34(47)26-18-43-46(33(26)36(38,39)40)24-4-2-1-3-5-24)10-11-29(27)49-30-12-13-41-28-16-31(50-32(28)30)20-6-8-21(9-7-20)35(48)45-19-23-14-25(45)17-42-23/h1-13,15-16,18,23,25,42H,14,17,19H2,(H,44,47)/t23-,25-/m0/s1. The van der Waals surface area contributed by atoms with Crippen LogP contribution in [0.25, 0.3) is 26.3 Å². The number of carbonyl (C=O) groups excluding carboxylic acids is 2. The first-order valence-electron chi connectivity index (χ1n) is 15.6. The van der Waals surface area contributed by atoms with Crippen molar-refractivity contribution in [1.82, 2.24) is 25.0 Å². The Morgan fingerprint density at radius 3 is 2.48 bits per heavy atom. The maximum absolute atomic E-state index is 15.3. The third-order valence-corrected chi connectivity index (χ3v) is 9.99. The first-order chi connectivity index (χ1) is 24.1. The zero-order valence-corrected chi connectivity index (χ0v) is 26.8. The number of ether oxygens (including phenoxy) is 1. The normalized spacial score (nSPS) is 17.0. The van der Waals surface area contributed by atoms with Gasteiger partial charge in [-0.15, -0.1) is 11.3 Å². The van der Waals surface area contributed by atoms with Gasteiger partial charge in [-0.3, -0.25) is 14.6 Å². The molecule has 2 aliphatic heterocycles. The minimum atomic E-state index is -4.90. The summed E-state index contributed by atoms with van der Waals surface area (Å²) in [6.07, 6.45) is -1.54. The molecule has 0 unspecified atom stereocenters. The second-order valence-electron chi connectivity index (χ2n) is 12.0. The van der Waals surface area contributed by atoms with E-state index in [0.29, 0.717) is 32.3 Å². The fourth-order valence-electron chi connectivity index (χ4n) is 6.42. The number of carbonyl (C=O) groups is 2. The molecule has 9 nitrogen and oxygen atoms in total. The zero-order valence-electron chi connectivity index (χ0n) is 25.9. The van der Waals surface area contributed by atoms with Crippen molar-refractivity contribution in [1.29, 1.82) is 0 Å². The van der Waals surface area contributed by atoms with E-state index in [1.165, 1.54) is 41.8 Å². The molecule has 8 rings (SSSR count). The second kappa shape index (κ2) is 12.4. The van der Waals surface area contributed by atoms with E-state index in [2.05, 4.69) is 20.7 Å². The van der Waals surface area contributed by atoms with Crippen LogP contribution >= 0.6 is 11.3 Å². The van der Waals surface area contributed by atoms with E-state index >= 15 is 4.39 Å². The van der Waals surface area contributed by atoms with Crippen LogP contribution in [0.4, 0.5) is 23.2 Å². The van der Waals surface area contributed by atoms with Gasteiger partial charge in [0.15, 0.2) is 17.3 Å². The minimum Gasteiger partial charge on any atom is -0.453 e. The van der Waals surface area contributed by atoms with E-state index < -0.39 is 29.2 Å². The second-order valence-corrected chi connectivity index (χ2v) is 13.1. The predicted molar refractivity (Wildman–Crippen MR) is 179 cm³/mol. The van der Waals surface area contributed by atoms with Gasteiger partial charge in [0, 0.05) is 59.6 Å². The maximum atomic E-state index is 15.3. The van der Waals surface area contributed by atoms with Crippen molar-refractivity contribution in [3.05, 3.63) is 120 Å². The van der Waals surface area contributed by atoms with Crippen LogP contribution < -0.4 is 15.4 Å². The maximum Gasteiger partial charge on any atom is 0.434 e. The van der Waals surface area contributed by atoms with E-state index in [-0.39, 0.29) is 29.1 Å². The Bertz CT molecular complexity index is 2250. The van der Waals surface area contributed by atoms with Gasteiger partial charge in [-0.05, 0) is 54.4 Å². The van der Waals surface area contributed by atoms with Gasteiger partial charge in [-0.1, -0.05) is 30.3 Å². The lowest BCUT2D eigenvalue weighted by atomic mass is 10.1. The highest BCUT2D eigenvalue weighted by atomic mass is 32.1. The molecule has 2 amide bonds. The van der Waals surface area contributed by atoms with Crippen molar-refractivity contribution in [2.75, 3.05) is 18.4 Å². The number of para-hydroxylation sites is 1. The fourth-order valence-corrected chi connectivity index (χ4v) is 7.49. The number of fused-ring (bicyclic) bond motifs is 3. The summed E-state index contributed by atoms with van der Waals surface area (Å²) in [6, 6.07) is 22.7. The van der Waals surface area contributed by atoms with Crippen molar-refractivity contribution in [2.45, 2.75) is 24.7 Å². The summed E-state index contributed by atoms with van der Waals surface area (Å²) in [6.45, 7) is 1.55. The Kier molecular flexibility index (Phi) is 7.84. The summed E-state index contributed by atoms with van der Waals surface area (Å²) in [4.78, 5) is 33.3. The number of likely N-dealkylation sites (tertiary alicyclic amines) is 1. The van der Waals surface area contributed by atoms with Gasteiger partial charge >= 0.3 is 6.18 Å². The van der Waals surface area contributed by atoms with E-state index in [0.717, 1.165) is 42.2 Å². The number of hydrogen-bond donors (Lipinski definition) is 2. The zero-order chi connectivity index (χ0) is 34.6. The highest BCUT2D eigenvalue weighted by Crippen LogP contribution is 2.40. The van der Waals surface area contributed by atoms with Gasteiger partial charge in [0.05, 0.1) is 27.7 Å². The van der Waals surface area contributed by atoms with E-state index in [1.807, 2.05) is 35.2 Å². The Balaban J connectivity index is 0.989. The lowest BCUT2D eigenvalue weighted by Crippen LogP contribution is -2.46. The van der Waals surface area contributed by atoms with Crippen LogP contribution in [0, 0.1) is 5.82 Å². The van der Waals surface area contributed by atoms with Crippen molar-refractivity contribution in [2.24, 2.45) is 0 Å². The third-order valence-electron chi connectivity index (χ3n) is 8.80. The first-order valence-corrected chi connectivity index (χ1v) is 16.5. The minimum absolute atomic E-state index is 0.0251. The van der Waals surface area contributed by atoms with E-state index in [4.69, 9.17) is 4.74 Å². The van der Waals surface area contributed by atoms with Crippen molar-refractivity contribution in [3.8, 4) is 27.6 Å². The summed E-state index contributed by atoms with van der Waals surface area (Å²) < 4.78 is 64.7. The molecule has 6 aromatic rings. The van der Waals surface area contributed by atoms with Gasteiger partial charge < -0.3 is 20.3 Å². The summed E-state index contributed by atoms with van der Waals surface area (Å²) in [5.74, 6) is -1.74. The molecule has 0 aliphatic carbocycles. The Morgan fingerprint density at radius 1 is 0.980 bits per heavy atom. The van der Waals surface area contributed by atoms with Crippen molar-refractivity contribution in [3.63, 3.8) is 0 Å². The summed E-state index contributed by atoms with van der Waals surface area (Å²) in [7, 11) is 0. The quantitative estimate of drug-likeness (QED) is 0.167. The largest absolute Gasteiger partial charge is 0.453 e. The number of nitrogens with zero attached hydrogens (tertiary/aromatic N) is 4. The molecular weight excluding hydrogens is 672 g/mol. The van der Waals surface area contributed by atoms with Gasteiger partial charge in [0.25, 0.3) is 11.8 Å². The van der Waals surface area contributed by atoms with Crippen LogP contribution in [0.5, 0.6) is 11.5 Å². The van der Waals surface area contributed by atoms with Crippen molar-refractivity contribution < 1.29 is 31.9 Å². The number of piperazine rings is 1. The Labute approximate surface area is 286 Å². The molecule has 0 saturated carbocycles. The molecule has 2 aliphatic rings. The number of amides is 2. The molecule has 5 heterocycles. The number of halogens is 4. The average Bonchev–Trinajstić information content (AvgIpc) is 3.93. The summed E-state index contributed by atoms with van der Waals surface area (Å²) in [5, 5.41) is 9.53. The SMILES string of the molecule is O=C(Nc1ccc(Oc2ccnc3cc(-c4ccc(C(=O)N5C[C@@H]6C[C@H]5CN6)cc4)sc23)c(F)c1)c1cnn(-c2ccccc2)c1C(F)(F)F. The number of anilines is 1. The number of hydrogen-bond acceptors (Lipinski definition) is 7. The molecule has 252 valence electrons. The van der Waals surface area contributed by atoms with Crippen LogP contribution in [-0.2, 0) is 6.18 Å². The molecule has 0 radical (unpaired) electrons. The Morgan fingerprint density at radius 2 is 1.78 bits per heavy atom. The molecular formula is C36H26F4N6O3S. The molecule has 2 N–H and O–H groups in total. The fraction of sp³-hybridized carbons (Fsp3) is 0.167. The van der Waals surface area contributed by atoms with Crippen LogP contribution in [0.2, 0.25) is 0 Å². The third kappa shape index (κ3) is 5.86. The molecule has 3 aromatic carbocycles. The average molecular weight is 699 g/mol. The van der Waals surface area contributed by atoms with E-state index in [9.17, 15) is 22.8 Å². The van der Waals surface area contributed by atoms with Crippen LogP contribution in [0.3, 0.4) is 0 Å². The molecule has 0 spiro atoms. The summed E-state index contributed by atoms with van der Waals surface area (Å²) in [5.41, 5.74) is 0.221. The predicted octanol–water partition coefficient (Wildman–Crippen LogP) is 7.54. The first kappa shape index (κ1) is 31.7. The highest BCUT2D eigenvalue weighted by molar-refractivity contribution is 7.22. The molecule has 14 heteroatoms. The van der Waals surface area contributed by atoms with Crippen LogP contribution in [0.1, 0.15) is 32.8 Å². The van der Waals surface area contributed by atoms with E-state index in [1.54, 1.807) is 24.3 Å². The van der Waals surface area contributed by atoms with Gasteiger partial charge in [0.2, 0.25) is 0 Å². The summed E-state index contributed by atoms with van der Waals surface area (Å²) >= 11 is 1.39. The monoisotopic (exact) mass is 698 g/mol. The molecule has 2 bridgehead atoms. The molecule has 3 aromatic heterocycles. The molecule has 2 saturated heterocycles. The number of alkyl halides is 3. The number of aromatic nitrogens is 3. The molecule has 2 atom stereocenters. The van der Waals surface area contributed by atoms with Gasteiger partial charge in [0.1, 0.15) is 5.75 Å². The number of pyridine rings is 1. The highest BCUT2D eigenvalue weighted by Gasteiger charge is 2.41. The van der Waals surface area contributed by atoms with Crippen LogP contribution in [-0.4, -0.2) is 56.7 Å². The van der Waals surface area contributed by atoms with Crippen molar-refractivity contribution >= 4 is 39.1 Å². The number of nitrogens with one attached hydrogen (secondary N) is 2. The number of benzene rings is 3. The molecule has 50 heavy (non-hydrogen) atoms. The van der Waals surface area contributed by atoms with Gasteiger partial charge in [-0.2, -0.15) is 18.3 Å².